The van der Waals surface area contributed by atoms with Crippen molar-refractivity contribution in [2.24, 2.45) is 0 Å². The second kappa shape index (κ2) is 4.84. The van der Waals surface area contributed by atoms with Crippen LogP contribution in [0.3, 0.4) is 0 Å². The van der Waals surface area contributed by atoms with E-state index in [2.05, 4.69) is 23.3 Å². The Kier molecular flexibility index (Phi) is 3.25. The summed E-state index contributed by atoms with van der Waals surface area (Å²) >= 11 is 0. The largest absolute Gasteiger partial charge is 0.469 e. The maximum atomic E-state index is 5.30. The van der Waals surface area contributed by atoms with Crippen molar-refractivity contribution in [2.75, 3.05) is 5.32 Å². The maximum Gasteiger partial charge on any atom is 0.126 e. The monoisotopic (exact) mass is 216 g/mol. The fraction of sp³-hybridized carbons (Fsp3) is 0.308. The van der Waals surface area contributed by atoms with E-state index in [9.17, 15) is 0 Å². The first-order valence-corrected chi connectivity index (χ1v) is 5.45. The molecule has 3 heteroatoms. The highest BCUT2D eigenvalue weighted by atomic mass is 16.3. The molecule has 0 saturated heterocycles. The van der Waals surface area contributed by atoms with Gasteiger partial charge in [-0.2, -0.15) is 0 Å². The van der Waals surface area contributed by atoms with Crippen molar-refractivity contribution in [1.82, 2.24) is 4.98 Å². The van der Waals surface area contributed by atoms with Gasteiger partial charge in [0.15, 0.2) is 0 Å². The van der Waals surface area contributed by atoms with Crippen LogP contribution in [0.4, 0.5) is 5.82 Å². The van der Waals surface area contributed by atoms with E-state index in [1.54, 1.807) is 6.26 Å². The molecule has 0 bridgehead atoms. The van der Waals surface area contributed by atoms with Crippen LogP contribution in [0.15, 0.2) is 41.1 Å². The number of nitrogens with one attached hydrogen (secondary N) is 1. The third-order valence-corrected chi connectivity index (χ3v) is 2.39. The van der Waals surface area contributed by atoms with Crippen LogP contribution in [0, 0.1) is 6.92 Å². The van der Waals surface area contributed by atoms with Gasteiger partial charge in [0.1, 0.15) is 11.6 Å². The molecule has 0 saturated carbocycles. The summed E-state index contributed by atoms with van der Waals surface area (Å²) in [7, 11) is 0. The molecule has 16 heavy (non-hydrogen) atoms. The predicted octanol–water partition coefficient (Wildman–Crippen LogP) is 3.03. The Balaban J connectivity index is 1.92. The van der Waals surface area contributed by atoms with Crippen molar-refractivity contribution < 1.29 is 4.42 Å². The molecule has 84 valence electrons. The highest BCUT2D eigenvalue weighted by Gasteiger charge is 2.05. The second-order valence-corrected chi connectivity index (χ2v) is 4.05. The summed E-state index contributed by atoms with van der Waals surface area (Å²) in [5.74, 6) is 1.90. The molecule has 1 atom stereocenters. The summed E-state index contributed by atoms with van der Waals surface area (Å²) in [5, 5.41) is 3.34. The SMILES string of the molecule is Cc1ccc(NC(C)Cc2ccco2)nc1. The molecule has 3 nitrogen and oxygen atoms in total. The Morgan fingerprint density at radius 1 is 1.38 bits per heavy atom. The van der Waals surface area contributed by atoms with Crippen LogP contribution in [-0.2, 0) is 6.42 Å². The minimum atomic E-state index is 0.307. The molecule has 0 aromatic carbocycles. The van der Waals surface area contributed by atoms with Gasteiger partial charge in [0.2, 0.25) is 0 Å². The maximum absolute atomic E-state index is 5.30. The van der Waals surface area contributed by atoms with Crippen LogP contribution in [0.25, 0.3) is 0 Å². The van der Waals surface area contributed by atoms with Gasteiger partial charge in [-0.05, 0) is 37.6 Å². The fourth-order valence-electron chi connectivity index (χ4n) is 1.59. The summed E-state index contributed by atoms with van der Waals surface area (Å²) in [6.45, 7) is 4.15. The Labute approximate surface area is 95.5 Å². The lowest BCUT2D eigenvalue weighted by atomic mass is 10.2. The average molecular weight is 216 g/mol. The lowest BCUT2D eigenvalue weighted by molar-refractivity contribution is 0.497. The van der Waals surface area contributed by atoms with E-state index < -0.39 is 0 Å². The van der Waals surface area contributed by atoms with Crippen molar-refractivity contribution in [1.29, 1.82) is 0 Å². The zero-order valence-electron chi connectivity index (χ0n) is 9.60. The Morgan fingerprint density at radius 2 is 2.25 bits per heavy atom. The topological polar surface area (TPSA) is 38.1 Å². The molecular weight excluding hydrogens is 200 g/mol. The molecular formula is C13H16N2O. The van der Waals surface area contributed by atoms with E-state index in [4.69, 9.17) is 4.42 Å². The molecule has 2 aromatic heterocycles. The van der Waals surface area contributed by atoms with Gasteiger partial charge < -0.3 is 9.73 Å². The van der Waals surface area contributed by atoms with E-state index in [1.165, 1.54) is 5.56 Å². The Morgan fingerprint density at radius 3 is 2.88 bits per heavy atom. The number of furan rings is 1. The standard InChI is InChI=1S/C13H16N2O/c1-10-5-6-13(14-9-10)15-11(2)8-12-4-3-7-16-12/h3-7,9,11H,8H2,1-2H3,(H,14,15). The molecule has 0 fully saturated rings. The fourth-order valence-corrected chi connectivity index (χ4v) is 1.59. The van der Waals surface area contributed by atoms with E-state index >= 15 is 0 Å². The molecule has 1 N–H and O–H groups in total. The summed E-state index contributed by atoms with van der Waals surface area (Å²) in [5.41, 5.74) is 1.17. The predicted molar refractivity (Wildman–Crippen MR) is 64.5 cm³/mol. The van der Waals surface area contributed by atoms with Gasteiger partial charge >= 0.3 is 0 Å². The highest BCUT2D eigenvalue weighted by molar-refractivity contribution is 5.36. The first kappa shape index (κ1) is 10.7. The summed E-state index contributed by atoms with van der Waals surface area (Å²) < 4.78 is 5.30. The summed E-state index contributed by atoms with van der Waals surface area (Å²) in [6, 6.07) is 8.25. The van der Waals surface area contributed by atoms with Crippen molar-refractivity contribution in [3.63, 3.8) is 0 Å². The van der Waals surface area contributed by atoms with Crippen molar-refractivity contribution in [3.05, 3.63) is 48.0 Å². The number of hydrogen-bond donors (Lipinski definition) is 1. The third kappa shape index (κ3) is 2.86. The molecule has 2 aromatic rings. The van der Waals surface area contributed by atoms with Gasteiger partial charge in [-0.25, -0.2) is 4.98 Å². The number of anilines is 1. The first-order chi connectivity index (χ1) is 7.74. The van der Waals surface area contributed by atoms with E-state index in [0.717, 1.165) is 18.0 Å². The minimum Gasteiger partial charge on any atom is -0.469 e. The van der Waals surface area contributed by atoms with Gasteiger partial charge in [0.05, 0.1) is 6.26 Å². The lowest BCUT2D eigenvalue weighted by Gasteiger charge is -2.12. The van der Waals surface area contributed by atoms with Crippen LogP contribution in [0.2, 0.25) is 0 Å². The highest BCUT2D eigenvalue weighted by Crippen LogP contribution is 2.09. The van der Waals surface area contributed by atoms with Crippen molar-refractivity contribution >= 4 is 5.82 Å². The van der Waals surface area contributed by atoms with Crippen LogP contribution in [0.5, 0.6) is 0 Å². The van der Waals surface area contributed by atoms with E-state index in [1.807, 2.05) is 31.3 Å². The van der Waals surface area contributed by atoms with Gasteiger partial charge in [-0.3, -0.25) is 0 Å². The smallest absolute Gasteiger partial charge is 0.126 e. The van der Waals surface area contributed by atoms with Crippen LogP contribution < -0.4 is 5.32 Å². The van der Waals surface area contributed by atoms with Gasteiger partial charge in [-0.1, -0.05) is 6.07 Å². The van der Waals surface area contributed by atoms with E-state index in [-0.39, 0.29) is 0 Å². The molecule has 0 aliphatic heterocycles. The third-order valence-electron chi connectivity index (χ3n) is 2.39. The number of aryl methyl sites for hydroxylation is 1. The van der Waals surface area contributed by atoms with Gasteiger partial charge in [0.25, 0.3) is 0 Å². The van der Waals surface area contributed by atoms with Crippen molar-refractivity contribution in [2.45, 2.75) is 26.3 Å². The molecule has 2 heterocycles. The van der Waals surface area contributed by atoms with Crippen LogP contribution >= 0.6 is 0 Å². The molecule has 1 unspecified atom stereocenters. The van der Waals surface area contributed by atoms with Gasteiger partial charge in [0, 0.05) is 18.7 Å². The number of rotatable bonds is 4. The number of pyridine rings is 1. The van der Waals surface area contributed by atoms with Crippen LogP contribution in [-0.4, -0.2) is 11.0 Å². The zero-order valence-corrected chi connectivity index (χ0v) is 9.60. The molecule has 0 aliphatic rings. The lowest BCUT2D eigenvalue weighted by Crippen LogP contribution is -2.18. The van der Waals surface area contributed by atoms with E-state index in [0.29, 0.717) is 6.04 Å². The Bertz CT molecular complexity index is 420. The number of nitrogens with zero attached hydrogens (tertiary/aromatic N) is 1. The molecule has 2 rings (SSSR count). The van der Waals surface area contributed by atoms with Crippen molar-refractivity contribution in [3.8, 4) is 0 Å². The first-order valence-electron chi connectivity index (χ1n) is 5.45. The second-order valence-electron chi connectivity index (χ2n) is 4.05. The molecule has 0 radical (unpaired) electrons. The van der Waals surface area contributed by atoms with Gasteiger partial charge in [-0.15, -0.1) is 0 Å². The summed E-state index contributed by atoms with van der Waals surface area (Å²) in [6.07, 6.45) is 4.43. The minimum absolute atomic E-state index is 0.307. The normalized spacial score (nSPS) is 12.4. The average Bonchev–Trinajstić information content (AvgIpc) is 2.74. The summed E-state index contributed by atoms with van der Waals surface area (Å²) in [4.78, 5) is 4.31. The molecule has 0 spiro atoms. The molecule has 0 amide bonds. The number of aromatic nitrogens is 1. The molecule has 0 aliphatic carbocycles. The quantitative estimate of drug-likeness (QED) is 0.853. The Hall–Kier alpha value is -1.77. The zero-order chi connectivity index (χ0) is 11.4. The number of hydrogen-bond acceptors (Lipinski definition) is 3. The van der Waals surface area contributed by atoms with Crippen LogP contribution in [0.1, 0.15) is 18.2 Å².